The van der Waals surface area contributed by atoms with Gasteiger partial charge in [0.1, 0.15) is 11.6 Å². The monoisotopic (exact) mass is 283 g/mol. The molecule has 2 rings (SSSR count). The molecule has 0 saturated carbocycles. The van der Waals surface area contributed by atoms with Gasteiger partial charge in [-0.25, -0.2) is 4.39 Å². The molecule has 0 spiro atoms. The molecule has 0 fully saturated rings. The molecule has 2 aromatic rings. The van der Waals surface area contributed by atoms with E-state index in [4.69, 9.17) is 4.42 Å². The van der Waals surface area contributed by atoms with Crippen molar-refractivity contribution in [2.45, 2.75) is 6.04 Å². The van der Waals surface area contributed by atoms with E-state index in [2.05, 4.69) is 21.2 Å². The maximum absolute atomic E-state index is 13.8. The highest BCUT2D eigenvalue weighted by Crippen LogP contribution is 2.26. The summed E-state index contributed by atoms with van der Waals surface area (Å²) >= 11 is 3.23. The Balaban J connectivity index is 2.41. The maximum atomic E-state index is 13.8. The Hall–Kier alpha value is -1.13. The lowest BCUT2D eigenvalue weighted by Crippen LogP contribution is -2.18. The predicted octanol–water partition coefficient (Wildman–Crippen LogP) is 3.49. The molecule has 1 aromatic carbocycles. The first-order valence-corrected chi connectivity index (χ1v) is 5.67. The van der Waals surface area contributed by atoms with E-state index in [-0.39, 0.29) is 11.9 Å². The van der Waals surface area contributed by atoms with Crippen LogP contribution in [0.2, 0.25) is 0 Å². The van der Waals surface area contributed by atoms with Crippen LogP contribution < -0.4 is 5.32 Å². The molecule has 1 heterocycles. The molecule has 1 atom stereocenters. The largest absolute Gasteiger partial charge is 0.467 e. The van der Waals surface area contributed by atoms with Gasteiger partial charge in [0.05, 0.1) is 12.3 Å². The van der Waals surface area contributed by atoms with Crippen molar-refractivity contribution >= 4 is 15.9 Å². The van der Waals surface area contributed by atoms with Gasteiger partial charge in [-0.15, -0.1) is 0 Å². The SMILES string of the molecule is CNC(c1ccco1)c1ccc(Br)cc1F. The van der Waals surface area contributed by atoms with Crippen LogP contribution in [0.15, 0.2) is 45.5 Å². The summed E-state index contributed by atoms with van der Waals surface area (Å²) < 4.78 is 19.8. The predicted molar refractivity (Wildman–Crippen MR) is 63.7 cm³/mol. The minimum Gasteiger partial charge on any atom is -0.467 e. The van der Waals surface area contributed by atoms with Crippen molar-refractivity contribution in [3.63, 3.8) is 0 Å². The van der Waals surface area contributed by atoms with Gasteiger partial charge in [0, 0.05) is 10.0 Å². The molecule has 0 aliphatic carbocycles. The van der Waals surface area contributed by atoms with E-state index >= 15 is 0 Å². The molecular weight excluding hydrogens is 273 g/mol. The third-order valence-electron chi connectivity index (χ3n) is 2.39. The first-order valence-electron chi connectivity index (χ1n) is 4.88. The molecule has 1 N–H and O–H groups in total. The molecule has 1 aromatic heterocycles. The van der Waals surface area contributed by atoms with Gasteiger partial charge < -0.3 is 9.73 Å². The first-order chi connectivity index (χ1) is 7.72. The highest BCUT2D eigenvalue weighted by molar-refractivity contribution is 9.10. The molecule has 0 aliphatic heterocycles. The summed E-state index contributed by atoms with van der Waals surface area (Å²) in [5.74, 6) is 0.439. The molecule has 84 valence electrons. The normalized spacial score (nSPS) is 12.7. The Labute approximate surface area is 102 Å². The number of halogens is 2. The van der Waals surface area contributed by atoms with Crippen LogP contribution in [0.3, 0.4) is 0 Å². The zero-order chi connectivity index (χ0) is 11.5. The van der Waals surface area contributed by atoms with Crippen LogP contribution in [0.4, 0.5) is 4.39 Å². The summed E-state index contributed by atoms with van der Waals surface area (Å²) in [7, 11) is 1.77. The van der Waals surface area contributed by atoms with E-state index in [9.17, 15) is 4.39 Å². The fourth-order valence-corrected chi connectivity index (χ4v) is 1.98. The third-order valence-corrected chi connectivity index (χ3v) is 2.88. The number of furan rings is 1. The van der Waals surface area contributed by atoms with Gasteiger partial charge >= 0.3 is 0 Å². The number of rotatable bonds is 3. The van der Waals surface area contributed by atoms with E-state index in [1.807, 2.05) is 12.1 Å². The molecule has 2 nitrogen and oxygen atoms in total. The van der Waals surface area contributed by atoms with Crippen LogP contribution in [0.25, 0.3) is 0 Å². The number of hydrogen-bond donors (Lipinski definition) is 1. The molecule has 0 bridgehead atoms. The van der Waals surface area contributed by atoms with E-state index in [0.717, 1.165) is 4.47 Å². The Morgan fingerprint density at radius 2 is 2.19 bits per heavy atom. The van der Waals surface area contributed by atoms with E-state index in [1.54, 1.807) is 25.4 Å². The maximum Gasteiger partial charge on any atom is 0.129 e. The van der Waals surface area contributed by atoms with Crippen LogP contribution in [0.5, 0.6) is 0 Å². The summed E-state index contributed by atoms with van der Waals surface area (Å²) in [5, 5.41) is 3.03. The van der Waals surface area contributed by atoms with Crippen molar-refractivity contribution in [1.82, 2.24) is 5.32 Å². The van der Waals surface area contributed by atoms with Crippen LogP contribution in [-0.2, 0) is 0 Å². The Morgan fingerprint density at radius 1 is 1.38 bits per heavy atom. The summed E-state index contributed by atoms with van der Waals surface area (Å²) in [6.45, 7) is 0. The lowest BCUT2D eigenvalue weighted by Gasteiger charge is -2.14. The molecule has 0 saturated heterocycles. The number of hydrogen-bond acceptors (Lipinski definition) is 2. The summed E-state index contributed by atoms with van der Waals surface area (Å²) in [6.07, 6.45) is 1.58. The van der Waals surface area contributed by atoms with Gasteiger partial charge in [0.2, 0.25) is 0 Å². The van der Waals surface area contributed by atoms with Crippen LogP contribution in [-0.4, -0.2) is 7.05 Å². The average Bonchev–Trinajstić information content (AvgIpc) is 2.75. The molecule has 0 amide bonds. The molecule has 16 heavy (non-hydrogen) atoms. The second kappa shape index (κ2) is 4.80. The summed E-state index contributed by atoms with van der Waals surface area (Å²) in [5.41, 5.74) is 0.570. The quantitative estimate of drug-likeness (QED) is 0.933. The van der Waals surface area contributed by atoms with Crippen molar-refractivity contribution < 1.29 is 8.81 Å². The third kappa shape index (κ3) is 2.18. The average molecular weight is 284 g/mol. The van der Waals surface area contributed by atoms with Crippen molar-refractivity contribution in [3.05, 3.63) is 58.2 Å². The Morgan fingerprint density at radius 3 is 2.75 bits per heavy atom. The highest BCUT2D eigenvalue weighted by atomic mass is 79.9. The standard InChI is InChI=1S/C12H11BrFNO/c1-15-12(11-3-2-6-16-11)9-5-4-8(13)7-10(9)14/h2-7,12,15H,1H3. The lowest BCUT2D eigenvalue weighted by molar-refractivity contribution is 0.452. The minimum absolute atomic E-state index is 0.259. The van der Waals surface area contributed by atoms with Gasteiger partial charge in [-0.05, 0) is 31.3 Å². The molecule has 0 aliphatic rings. The number of benzene rings is 1. The second-order valence-corrected chi connectivity index (χ2v) is 4.32. The van der Waals surface area contributed by atoms with E-state index < -0.39 is 0 Å². The van der Waals surface area contributed by atoms with Crippen molar-refractivity contribution in [2.24, 2.45) is 0 Å². The molecular formula is C12H11BrFNO. The van der Waals surface area contributed by atoms with Gasteiger partial charge in [0.15, 0.2) is 0 Å². The fourth-order valence-electron chi connectivity index (χ4n) is 1.64. The smallest absolute Gasteiger partial charge is 0.129 e. The van der Waals surface area contributed by atoms with Crippen LogP contribution >= 0.6 is 15.9 Å². The van der Waals surface area contributed by atoms with Crippen LogP contribution in [0.1, 0.15) is 17.4 Å². The highest BCUT2D eigenvalue weighted by Gasteiger charge is 2.18. The van der Waals surface area contributed by atoms with E-state index in [0.29, 0.717) is 11.3 Å². The van der Waals surface area contributed by atoms with Gasteiger partial charge in [-0.2, -0.15) is 0 Å². The molecule has 0 radical (unpaired) electrons. The number of nitrogens with one attached hydrogen (secondary N) is 1. The van der Waals surface area contributed by atoms with Crippen molar-refractivity contribution in [1.29, 1.82) is 0 Å². The second-order valence-electron chi connectivity index (χ2n) is 3.40. The zero-order valence-electron chi connectivity index (χ0n) is 8.71. The Kier molecular flexibility index (Phi) is 3.41. The first kappa shape index (κ1) is 11.4. The van der Waals surface area contributed by atoms with Crippen molar-refractivity contribution in [2.75, 3.05) is 7.05 Å². The van der Waals surface area contributed by atoms with Crippen molar-refractivity contribution in [3.8, 4) is 0 Å². The summed E-state index contributed by atoms with van der Waals surface area (Å²) in [6, 6.07) is 8.35. The zero-order valence-corrected chi connectivity index (χ0v) is 10.3. The minimum atomic E-state index is -0.261. The van der Waals surface area contributed by atoms with Gasteiger partial charge in [0.25, 0.3) is 0 Å². The van der Waals surface area contributed by atoms with E-state index in [1.165, 1.54) is 6.07 Å². The lowest BCUT2D eigenvalue weighted by atomic mass is 10.0. The fraction of sp³-hybridized carbons (Fsp3) is 0.167. The van der Waals surface area contributed by atoms with Gasteiger partial charge in [-0.1, -0.05) is 22.0 Å². The molecule has 4 heteroatoms. The Bertz CT molecular complexity index is 470. The van der Waals surface area contributed by atoms with Gasteiger partial charge in [-0.3, -0.25) is 0 Å². The summed E-state index contributed by atoms with van der Waals surface area (Å²) in [4.78, 5) is 0. The molecule has 1 unspecified atom stereocenters. The van der Waals surface area contributed by atoms with Crippen LogP contribution in [0, 0.1) is 5.82 Å². The topological polar surface area (TPSA) is 25.2 Å².